The van der Waals surface area contributed by atoms with Gasteiger partial charge in [0, 0.05) is 18.6 Å². The highest BCUT2D eigenvalue weighted by Gasteiger charge is 2.37. The summed E-state index contributed by atoms with van der Waals surface area (Å²) < 4.78 is 32.9. The van der Waals surface area contributed by atoms with E-state index in [0.717, 1.165) is 12.0 Å². The van der Waals surface area contributed by atoms with Crippen molar-refractivity contribution in [1.29, 1.82) is 0 Å². The Kier molecular flexibility index (Phi) is 4.91. The molecule has 0 spiro atoms. The van der Waals surface area contributed by atoms with Crippen molar-refractivity contribution in [2.75, 3.05) is 7.11 Å². The number of sulfonamides is 1. The predicted molar refractivity (Wildman–Crippen MR) is 82.9 cm³/mol. The first-order valence-electron chi connectivity index (χ1n) is 7.26. The fourth-order valence-electron chi connectivity index (χ4n) is 2.11. The third kappa shape index (κ3) is 4.18. The van der Waals surface area contributed by atoms with Gasteiger partial charge in [-0.2, -0.15) is 0 Å². The van der Waals surface area contributed by atoms with Gasteiger partial charge in [-0.05, 0) is 30.0 Å². The first-order valence-corrected chi connectivity index (χ1v) is 8.74. The van der Waals surface area contributed by atoms with Gasteiger partial charge in [0.05, 0.1) is 7.11 Å². The first kappa shape index (κ1) is 16.3. The Morgan fingerprint density at radius 2 is 2.05 bits per heavy atom. The molecule has 1 saturated carbocycles. The molecular weight excluding hydrogens is 288 g/mol. The van der Waals surface area contributed by atoms with Crippen molar-refractivity contribution >= 4 is 10.0 Å². The van der Waals surface area contributed by atoms with Crippen LogP contribution in [0.3, 0.4) is 0 Å². The molecule has 0 saturated heterocycles. The van der Waals surface area contributed by atoms with Crippen LogP contribution < -0.4 is 14.8 Å². The number of methoxy groups -OCH3 is 1. The normalized spacial score (nSPS) is 21.6. The third-order valence-electron chi connectivity index (χ3n) is 3.65. The van der Waals surface area contributed by atoms with Gasteiger partial charge in [0.15, 0.2) is 0 Å². The Balaban J connectivity index is 2.24. The van der Waals surface area contributed by atoms with Crippen LogP contribution >= 0.6 is 0 Å². The number of rotatable bonds is 7. The Bertz CT molecular complexity index is 599. The van der Waals surface area contributed by atoms with Crippen LogP contribution in [-0.4, -0.2) is 27.6 Å². The molecule has 6 heteroatoms. The first-order chi connectivity index (χ1) is 9.83. The number of hydrogen-bond donors (Lipinski definition) is 2. The van der Waals surface area contributed by atoms with Gasteiger partial charge in [0.25, 0.3) is 0 Å². The molecule has 5 nitrogen and oxygen atoms in total. The van der Waals surface area contributed by atoms with Crippen molar-refractivity contribution in [1.82, 2.24) is 10.0 Å². The summed E-state index contributed by atoms with van der Waals surface area (Å²) in [6.45, 7) is 6.77. The predicted octanol–water partition coefficient (Wildman–Crippen LogP) is 1.88. The fourth-order valence-corrected chi connectivity index (χ4v) is 3.69. The minimum Gasteiger partial charge on any atom is -0.495 e. The van der Waals surface area contributed by atoms with Gasteiger partial charge in [-0.1, -0.05) is 26.8 Å². The number of hydrogen-bond acceptors (Lipinski definition) is 4. The molecule has 0 bridgehead atoms. The molecule has 1 aromatic carbocycles. The van der Waals surface area contributed by atoms with Crippen LogP contribution in [0.25, 0.3) is 0 Å². The Hall–Kier alpha value is -1.11. The standard InChI is InChI=1S/C15H24N2O3S/c1-10(2)16-9-12-5-6-14(20-4)15(8-12)21(18,19)17-13-7-11(13)3/h5-6,8,10-11,13,16-17H,7,9H2,1-4H3. The molecule has 1 aromatic rings. The molecule has 0 heterocycles. The molecule has 118 valence electrons. The summed E-state index contributed by atoms with van der Waals surface area (Å²) in [5.74, 6) is 0.792. The lowest BCUT2D eigenvalue weighted by Crippen LogP contribution is -2.27. The zero-order valence-corrected chi connectivity index (χ0v) is 13.8. The van der Waals surface area contributed by atoms with Crippen molar-refractivity contribution < 1.29 is 13.2 Å². The second-order valence-electron chi connectivity index (χ2n) is 5.96. The van der Waals surface area contributed by atoms with E-state index in [-0.39, 0.29) is 10.9 Å². The smallest absolute Gasteiger partial charge is 0.244 e. The maximum atomic E-state index is 12.5. The van der Waals surface area contributed by atoms with E-state index >= 15 is 0 Å². The van der Waals surface area contributed by atoms with Crippen molar-refractivity contribution in [3.8, 4) is 5.75 Å². The monoisotopic (exact) mass is 312 g/mol. The zero-order valence-electron chi connectivity index (χ0n) is 13.0. The van der Waals surface area contributed by atoms with E-state index in [2.05, 4.69) is 23.9 Å². The Labute approximate surface area is 127 Å². The lowest BCUT2D eigenvalue weighted by atomic mass is 10.2. The van der Waals surface area contributed by atoms with Crippen LogP contribution in [0.5, 0.6) is 5.75 Å². The quantitative estimate of drug-likeness (QED) is 0.807. The van der Waals surface area contributed by atoms with Gasteiger partial charge in [-0.15, -0.1) is 0 Å². The van der Waals surface area contributed by atoms with Crippen LogP contribution in [0.15, 0.2) is 23.1 Å². The molecule has 1 aliphatic rings. The molecule has 1 fully saturated rings. The van der Waals surface area contributed by atoms with Crippen molar-refractivity contribution in [3.63, 3.8) is 0 Å². The van der Waals surface area contributed by atoms with Crippen LogP contribution in [-0.2, 0) is 16.6 Å². The maximum Gasteiger partial charge on any atom is 0.244 e. The lowest BCUT2D eigenvalue weighted by molar-refractivity contribution is 0.402. The summed E-state index contributed by atoms with van der Waals surface area (Å²) in [6, 6.07) is 5.67. The Morgan fingerprint density at radius 3 is 2.57 bits per heavy atom. The second kappa shape index (κ2) is 6.34. The number of nitrogens with one attached hydrogen (secondary N) is 2. The molecule has 2 atom stereocenters. The number of benzene rings is 1. The summed E-state index contributed by atoms with van der Waals surface area (Å²) in [5, 5.41) is 3.28. The fraction of sp³-hybridized carbons (Fsp3) is 0.600. The third-order valence-corrected chi connectivity index (χ3v) is 5.16. The minimum absolute atomic E-state index is 0.0529. The largest absolute Gasteiger partial charge is 0.495 e. The van der Waals surface area contributed by atoms with Gasteiger partial charge in [0.1, 0.15) is 10.6 Å². The molecule has 2 unspecified atom stereocenters. The minimum atomic E-state index is -3.54. The molecule has 21 heavy (non-hydrogen) atoms. The molecule has 1 aliphatic carbocycles. The highest BCUT2D eigenvalue weighted by molar-refractivity contribution is 7.89. The molecular formula is C15H24N2O3S. The van der Waals surface area contributed by atoms with Crippen LogP contribution in [0.1, 0.15) is 32.8 Å². The van der Waals surface area contributed by atoms with Gasteiger partial charge in [-0.3, -0.25) is 0 Å². The van der Waals surface area contributed by atoms with Crippen LogP contribution in [0.4, 0.5) is 0 Å². The van der Waals surface area contributed by atoms with Crippen LogP contribution in [0, 0.1) is 5.92 Å². The molecule has 0 amide bonds. The van der Waals surface area contributed by atoms with Crippen molar-refractivity contribution in [2.24, 2.45) is 5.92 Å². The van der Waals surface area contributed by atoms with Gasteiger partial charge >= 0.3 is 0 Å². The van der Waals surface area contributed by atoms with E-state index < -0.39 is 10.0 Å². The van der Waals surface area contributed by atoms with E-state index in [1.807, 2.05) is 13.0 Å². The summed E-state index contributed by atoms with van der Waals surface area (Å²) in [7, 11) is -2.05. The van der Waals surface area contributed by atoms with E-state index in [4.69, 9.17) is 4.74 Å². The van der Waals surface area contributed by atoms with Crippen LogP contribution in [0.2, 0.25) is 0 Å². The Morgan fingerprint density at radius 1 is 1.38 bits per heavy atom. The summed E-state index contributed by atoms with van der Waals surface area (Å²) in [4.78, 5) is 0.215. The summed E-state index contributed by atoms with van der Waals surface area (Å²) >= 11 is 0. The van der Waals surface area contributed by atoms with E-state index in [0.29, 0.717) is 24.3 Å². The summed E-state index contributed by atoms with van der Waals surface area (Å²) in [6.07, 6.45) is 0.899. The van der Waals surface area contributed by atoms with Crippen molar-refractivity contribution in [2.45, 2.75) is 50.7 Å². The van der Waals surface area contributed by atoms with E-state index in [1.165, 1.54) is 7.11 Å². The highest BCUT2D eigenvalue weighted by atomic mass is 32.2. The number of ether oxygens (including phenoxy) is 1. The average molecular weight is 312 g/mol. The molecule has 2 N–H and O–H groups in total. The lowest BCUT2D eigenvalue weighted by Gasteiger charge is -2.13. The molecule has 2 rings (SSSR count). The zero-order chi connectivity index (χ0) is 15.6. The highest BCUT2D eigenvalue weighted by Crippen LogP contribution is 2.32. The average Bonchev–Trinajstić information content (AvgIpc) is 3.10. The van der Waals surface area contributed by atoms with Gasteiger partial charge < -0.3 is 10.1 Å². The topological polar surface area (TPSA) is 67.4 Å². The SMILES string of the molecule is COc1ccc(CNC(C)C)cc1S(=O)(=O)NC1CC1C. The second-order valence-corrected chi connectivity index (χ2v) is 7.64. The molecule has 0 radical (unpaired) electrons. The van der Waals surface area contributed by atoms with E-state index in [1.54, 1.807) is 12.1 Å². The van der Waals surface area contributed by atoms with E-state index in [9.17, 15) is 8.42 Å². The molecule has 0 aromatic heterocycles. The van der Waals surface area contributed by atoms with Gasteiger partial charge in [0.2, 0.25) is 10.0 Å². The van der Waals surface area contributed by atoms with Gasteiger partial charge in [-0.25, -0.2) is 13.1 Å². The molecule has 0 aliphatic heterocycles. The summed E-state index contributed by atoms with van der Waals surface area (Å²) in [5.41, 5.74) is 0.925. The maximum absolute atomic E-state index is 12.5. The van der Waals surface area contributed by atoms with Crippen molar-refractivity contribution in [3.05, 3.63) is 23.8 Å².